The molecule has 0 amide bonds. The molecular formula is C23H29N3. The van der Waals surface area contributed by atoms with Crippen LogP contribution in [-0.4, -0.2) is 42.1 Å². The third-order valence-corrected chi connectivity index (χ3v) is 7.02. The fourth-order valence-electron chi connectivity index (χ4n) is 5.81. The number of aryl methyl sites for hydroxylation is 2. The molecular weight excluding hydrogens is 318 g/mol. The Morgan fingerprint density at radius 2 is 2.00 bits per heavy atom. The van der Waals surface area contributed by atoms with Gasteiger partial charge in [0.05, 0.1) is 6.04 Å². The Morgan fingerprint density at radius 1 is 1.12 bits per heavy atom. The number of nitrogens with zero attached hydrogens (tertiary/aromatic N) is 3. The normalized spacial score (nSPS) is 29.7. The molecule has 136 valence electrons. The lowest BCUT2D eigenvalue weighted by Crippen LogP contribution is -2.61. The Hall–Kier alpha value is -1.87. The van der Waals surface area contributed by atoms with Crippen molar-refractivity contribution in [2.24, 2.45) is 5.92 Å². The molecule has 1 aromatic heterocycles. The van der Waals surface area contributed by atoms with Crippen LogP contribution in [0.4, 0.5) is 5.69 Å². The number of piperidine rings is 2. The third-order valence-electron chi connectivity index (χ3n) is 7.02. The highest BCUT2D eigenvalue weighted by Crippen LogP contribution is 2.54. The van der Waals surface area contributed by atoms with Gasteiger partial charge in [0.1, 0.15) is 0 Å². The number of anilines is 1. The average molecular weight is 348 g/mol. The smallest absolute Gasteiger partial charge is 0.0517 e. The van der Waals surface area contributed by atoms with Crippen LogP contribution in [0.15, 0.2) is 36.5 Å². The Morgan fingerprint density at radius 3 is 2.77 bits per heavy atom. The van der Waals surface area contributed by atoms with Crippen LogP contribution in [0.25, 0.3) is 0 Å². The van der Waals surface area contributed by atoms with E-state index in [2.05, 4.69) is 72.2 Å². The van der Waals surface area contributed by atoms with Gasteiger partial charge in [-0.1, -0.05) is 23.8 Å². The first-order valence-corrected chi connectivity index (χ1v) is 10.1. The highest BCUT2D eigenvalue weighted by atomic mass is 15.3. The molecule has 4 aliphatic rings. The van der Waals surface area contributed by atoms with E-state index >= 15 is 0 Å². The van der Waals surface area contributed by atoms with E-state index in [1.807, 2.05) is 0 Å². The number of aromatic nitrogens is 1. The van der Waals surface area contributed by atoms with Gasteiger partial charge in [-0.15, -0.1) is 0 Å². The minimum Gasteiger partial charge on any atom is -0.366 e. The number of benzene rings is 1. The van der Waals surface area contributed by atoms with Crippen molar-refractivity contribution in [2.45, 2.75) is 51.1 Å². The minimum atomic E-state index is 0.655. The summed E-state index contributed by atoms with van der Waals surface area (Å²) in [4.78, 5) is 9.86. The molecule has 2 saturated heterocycles. The van der Waals surface area contributed by atoms with Crippen molar-refractivity contribution in [3.05, 3.63) is 58.9 Å². The predicted molar refractivity (Wildman–Crippen MR) is 107 cm³/mol. The van der Waals surface area contributed by atoms with E-state index in [0.29, 0.717) is 12.1 Å². The minimum absolute atomic E-state index is 0.655. The summed E-state index contributed by atoms with van der Waals surface area (Å²) in [5.41, 5.74) is 6.98. The number of fused-ring (bicyclic) bond motifs is 3. The standard InChI is InChI=1S/C23H29N3/c1-15-4-8-20-19(12-15)22-18-7-9-21(25(3)14-18)23(22)26(20)11-10-17-6-5-16(2)24-13-17/h4-6,8,12-13,18,21-23H,7,9-11,14H2,1-3H3/t18-,21-,22-,23-/m0/s1. The van der Waals surface area contributed by atoms with Crippen LogP contribution in [0, 0.1) is 19.8 Å². The summed E-state index contributed by atoms with van der Waals surface area (Å²) in [6.07, 6.45) is 5.89. The topological polar surface area (TPSA) is 19.4 Å². The highest BCUT2D eigenvalue weighted by molar-refractivity contribution is 5.64. The molecule has 4 atom stereocenters. The van der Waals surface area contributed by atoms with E-state index in [1.165, 1.54) is 36.2 Å². The highest BCUT2D eigenvalue weighted by Gasteiger charge is 2.53. The van der Waals surface area contributed by atoms with Crippen molar-refractivity contribution < 1.29 is 0 Å². The SMILES string of the molecule is Cc1ccc2c(c1)[C@@H]1[C@H]3CC[C@@H]([C@@H]1N2CCc1ccc(C)nc1)N(C)C3. The summed E-state index contributed by atoms with van der Waals surface area (Å²) in [6, 6.07) is 12.9. The van der Waals surface area contributed by atoms with Crippen LogP contribution >= 0.6 is 0 Å². The number of hydrogen-bond acceptors (Lipinski definition) is 3. The maximum absolute atomic E-state index is 4.49. The van der Waals surface area contributed by atoms with E-state index in [1.54, 1.807) is 5.56 Å². The van der Waals surface area contributed by atoms with E-state index < -0.39 is 0 Å². The average Bonchev–Trinajstić information content (AvgIpc) is 2.97. The van der Waals surface area contributed by atoms with Gasteiger partial charge in [-0.2, -0.15) is 0 Å². The van der Waals surface area contributed by atoms with Gasteiger partial charge in [-0.3, -0.25) is 4.98 Å². The number of likely N-dealkylation sites (N-methyl/N-ethyl adjacent to an activating group) is 1. The fourth-order valence-corrected chi connectivity index (χ4v) is 5.81. The molecule has 26 heavy (non-hydrogen) atoms. The van der Waals surface area contributed by atoms with Gasteiger partial charge in [-0.25, -0.2) is 0 Å². The summed E-state index contributed by atoms with van der Waals surface area (Å²) in [7, 11) is 2.34. The molecule has 3 aliphatic heterocycles. The molecule has 3 heteroatoms. The molecule has 2 bridgehead atoms. The molecule has 0 spiro atoms. The quantitative estimate of drug-likeness (QED) is 0.838. The van der Waals surface area contributed by atoms with Crippen LogP contribution in [0.1, 0.15) is 41.1 Å². The van der Waals surface area contributed by atoms with Crippen molar-refractivity contribution in [3.8, 4) is 0 Å². The monoisotopic (exact) mass is 347 g/mol. The Balaban J connectivity index is 1.48. The first kappa shape index (κ1) is 16.3. The van der Waals surface area contributed by atoms with Gasteiger partial charge in [0, 0.05) is 42.6 Å². The zero-order valence-corrected chi connectivity index (χ0v) is 16.2. The number of hydrogen-bond donors (Lipinski definition) is 0. The van der Waals surface area contributed by atoms with Gasteiger partial charge in [0.15, 0.2) is 0 Å². The lowest BCUT2D eigenvalue weighted by molar-refractivity contribution is 0.0370. The number of pyridine rings is 1. The zero-order chi connectivity index (χ0) is 17.8. The molecule has 1 aromatic carbocycles. The second-order valence-corrected chi connectivity index (χ2v) is 8.67. The summed E-state index contributed by atoms with van der Waals surface area (Å²) in [5.74, 6) is 1.55. The van der Waals surface area contributed by atoms with Gasteiger partial charge >= 0.3 is 0 Å². The van der Waals surface area contributed by atoms with Crippen LogP contribution in [0.3, 0.4) is 0 Å². The summed E-state index contributed by atoms with van der Waals surface area (Å²) in [5, 5.41) is 0. The van der Waals surface area contributed by atoms with Gasteiger partial charge in [0.2, 0.25) is 0 Å². The Kier molecular flexibility index (Phi) is 3.82. The number of rotatable bonds is 3. The molecule has 3 nitrogen and oxygen atoms in total. The molecule has 0 radical (unpaired) electrons. The fraction of sp³-hybridized carbons (Fsp3) is 0.522. The van der Waals surface area contributed by atoms with Crippen molar-refractivity contribution in [2.75, 3.05) is 25.0 Å². The van der Waals surface area contributed by atoms with Gasteiger partial charge in [-0.05, 0) is 69.3 Å². The molecule has 4 heterocycles. The van der Waals surface area contributed by atoms with Crippen molar-refractivity contribution in [1.29, 1.82) is 0 Å². The Labute approximate surface area is 157 Å². The van der Waals surface area contributed by atoms with Crippen molar-refractivity contribution >= 4 is 5.69 Å². The first-order chi connectivity index (χ1) is 12.6. The maximum Gasteiger partial charge on any atom is 0.0517 e. The molecule has 0 N–H and O–H groups in total. The van der Waals surface area contributed by atoms with E-state index in [0.717, 1.165) is 30.5 Å². The van der Waals surface area contributed by atoms with Gasteiger partial charge < -0.3 is 9.80 Å². The lowest BCUT2D eigenvalue weighted by atomic mass is 9.67. The molecule has 6 rings (SSSR count). The lowest BCUT2D eigenvalue weighted by Gasteiger charge is -2.53. The Bertz CT molecular complexity index is 813. The van der Waals surface area contributed by atoms with Crippen LogP contribution in [0.5, 0.6) is 0 Å². The van der Waals surface area contributed by atoms with Crippen LogP contribution < -0.4 is 4.90 Å². The van der Waals surface area contributed by atoms with E-state index in [4.69, 9.17) is 0 Å². The summed E-state index contributed by atoms with van der Waals surface area (Å²) in [6.45, 7) is 6.67. The third kappa shape index (κ3) is 2.48. The molecule has 1 aliphatic carbocycles. The molecule has 0 unspecified atom stereocenters. The first-order valence-electron chi connectivity index (χ1n) is 10.1. The van der Waals surface area contributed by atoms with Crippen molar-refractivity contribution in [1.82, 2.24) is 9.88 Å². The van der Waals surface area contributed by atoms with Crippen LogP contribution in [-0.2, 0) is 6.42 Å². The second-order valence-electron chi connectivity index (χ2n) is 8.67. The summed E-state index contributed by atoms with van der Waals surface area (Å²) >= 11 is 0. The predicted octanol–water partition coefficient (Wildman–Crippen LogP) is 3.94. The van der Waals surface area contributed by atoms with E-state index in [9.17, 15) is 0 Å². The maximum atomic E-state index is 4.49. The van der Waals surface area contributed by atoms with Crippen LogP contribution in [0.2, 0.25) is 0 Å². The zero-order valence-electron chi connectivity index (χ0n) is 16.2. The van der Waals surface area contributed by atoms with Crippen molar-refractivity contribution in [3.63, 3.8) is 0 Å². The largest absolute Gasteiger partial charge is 0.366 e. The summed E-state index contributed by atoms with van der Waals surface area (Å²) < 4.78 is 0. The molecule has 1 saturated carbocycles. The molecule has 3 fully saturated rings. The second kappa shape index (κ2) is 6.09. The molecule has 2 aromatic rings. The van der Waals surface area contributed by atoms with E-state index in [-0.39, 0.29) is 0 Å². The van der Waals surface area contributed by atoms with Gasteiger partial charge in [0.25, 0.3) is 0 Å².